The molecule has 42 heavy (non-hydrogen) atoms. The number of benzene rings is 4. The molecule has 0 saturated heterocycles. The van der Waals surface area contributed by atoms with Gasteiger partial charge in [0.15, 0.2) is 18.4 Å². The van der Waals surface area contributed by atoms with Crippen molar-refractivity contribution in [3.8, 4) is 33.6 Å². The second-order valence-corrected chi connectivity index (χ2v) is 11.6. The van der Waals surface area contributed by atoms with E-state index in [-0.39, 0.29) is 6.04 Å². The number of nitrogens with zero attached hydrogens (tertiary/aromatic N) is 2. The lowest BCUT2D eigenvalue weighted by Gasteiger charge is -2.29. The van der Waals surface area contributed by atoms with Crippen LogP contribution in [0.2, 0.25) is 0 Å². The Morgan fingerprint density at radius 3 is 2.38 bits per heavy atom. The number of aryl methyl sites for hydroxylation is 3. The van der Waals surface area contributed by atoms with E-state index in [0.717, 1.165) is 12.8 Å². The Bertz CT molecular complexity index is 1940. The highest BCUT2D eigenvalue weighted by molar-refractivity contribution is 5.97. The van der Waals surface area contributed by atoms with Crippen molar-refractivity contribution in [1.29, 1.82) is 0 Å². The van der Waals surface area contributed by atoms with Gasteiger partial charge in [0.2, 0.25) is 11.4 Å². The van der Waals surface area contributed by atoms with E-state index in [1.807, 2.05) is 0 Å². The van der Waals surface area contributed by atoms with Gasteiger partial charge in [-0.3, -0.25) is 0 Å². The molecule has 0 radical (unpaired) electrons. The van der Waals surface area contributed by atoms with Crippen LogP contribution in [0.4, 0.5) is 0 Å². The monoisotopic (exact) mass is 544 g/mol. The number of fused-ring (bicyclic) bond motifs is 4. The number of allylic oxidation sites excluding steroid dienone is 1. The van der Waals surface area contributed by atoms with Crippen molar-refractivity contribution < 1.29 is 9.13 Å². The van der Waals surface area contributed by atoms with E-state index in [1.165, 1.54) is 61.1 Å². The van der Waals surface area contributed by atoms with Gasteiger partial charge in [0.1, 0.15) is 7.05 Å². The van der Waals surface area contributed by atoms with Crippen LogP contribution in [0.5, 0.6) is 0 Å². The van der Waals surface area contributed by atoms with Crippen molar-refractivity contribution in [2.45, 2.75) is 31.7 Å². The van der Waals surface area contributed by atoms with Crippen molar-refractivity contribution in [3.05, 3.63) is 157 Å². The van der Waals surface area contributed by atoms with Gasteiger partial charge in [-0.1, -0.05) is 79.4 Å². The number of aromatic nitrogens is 2. The Morgan fingerprint density at radius 2 is 1.50 bits per heavy atom. The average molecular weight is 545 g/mol. The van der Waals surface area contributed by atoms with Crippen molar-refractivity contribution in [2.24, 2.45) is 7.05 Å². The molecular weight excluding hydrogens is 508 g/mol. The molecule has 2 unspecified atom stereocenters. The standard InChI is InChI=1S/C40H36N2/c1-4-38-36(34-15-7-8-16-35(34)40-26-28(2)23-25-42(38)40)22-21-30-19-20-31(27-37(30)39-18-9-10-24-41(39)3)33-17-11-13-29-12-5-6-14-32(29)33/h4-20,23-27,36,38H,1,21-22H2,2-3H3/q+2. The largest absolute Gasteiger partial charge is 0.213 e. The second-order valence-electron chi connectivity index (χ2n) is 11.6. The van der Waals surface area contributed by atoms with Gasteiger partial charge in [-0.25, -0.2) is 4.57 Å². The Morgan fingerprint density at radius 1 is 0.714 bits per heavy atom. The predicted molar refractivity (Wildman–Crippen MR) is 173 cm³/mol. The van der Waals surface area contributed by atoms with Crippen LogP contribution in [0.3, 0.4) is 0 Å². The predicted octanol–water partition coefficient (Wildman–Crippen LogP) is 8.72. The van der Waals surface area contributed by atoms with Crippen LogP contribution in [0.1, 0.15) is 35.1 Å². The van der Waals surface area contributed by atoms with Gasteiger partial charge in [0.25, 0.3) is 0 Å². The SMILES string of the molecule is C=CC1C(CCc2ccc(-c3cccc4ccccc34)cc2-c2cccc[n+]2C)c2ccccc2-c2cc(C)cc[n+]21. The summed E-state index contributed by atoms with van der Waals surface area (Å²) in [7, 11) is 2.14. The molecule has 2 heteroatoms. The maximum absolute atomic E-state index is 4.31. The van der Waals surface area contributed by atoms with E-state index in [0.29, 0.717) is 5.92 Å². The second kappa shape index (κ2) is 10.9. The first-order valence-electron chi connectivity index (χ1n) is 14.9. The molecule has 7 rings (SSSR count). The molecule has 0 aliphatic carbocycles. The molecule has 1 aliphatic rings. The van der Waals surface area contributed by atoms with Gasteiger partial charge < -0.3 is 0 Å². The van der Waals surface area contributed by atoms with Gasteiger partial charge in [-0.15, -0.1) is 0 Å². The van der Waals surface area contributed by atoms with Crippen molar-refractivity contribution in [3.63, 3.8) is 0 Å². The molecule has 0 N–H and O–H groups in total. The fourth-order valence-corrected chi connectivity index (χ4v) is 6.92. The molecular formula is C40H36N2+2. The van der Waals surface area contributed by atoms with E-state index < -0.39 is 0 Å². The van der Waals surface area contributed by atoms with Crippen LogP contribution in [0.15, 0.2) is 140 Å². The first-order valence-corrected chi connectivity index (χ1v) is 14.9. The minimum atomic E-state index is 0.210. The summed E-state index contributed by atoms with van der Waals surface area (Å²) in [5, 5.41) is 2.56. The lowest BCUT2D eigenvalue weighted by atomic mass is 9.79. The molecule has 2 aromatic heterocycles. The van der Waals surface area contributed by atoms with E-state index in [2.05, 4.69) is 163 Å². The lowest BCUT2D eigenvalue weighted by molar-refractivity contribution is -0.707. The molecule has 0 spiro atoms. The highest BCUT2D eigenvalue weighted by Crippen LogP contribution is 2.42. The fourth-order valence-electron chi connectivity index (χ4n) is 6.92. The van der Waals surface area contributed by atoms with Crippen molar-refractivity contribution in [2.75, 3.05) is 0 Å². The molecule has 2 nitrogen and oxygen atoms in total. The summed E-state index contributed by atoms with van der Waals surface area (Å²) in [5.41, 5.74) is 11.8. The molecule has 0 bridgehead atoms. The first-order chi connectivity index (χ1) is 20.6. The van der Waals surface area contributed by atoms with Gasteiger partial charge in [-0.2, -0.15) is 4.57 Å². The Balaban J connectivity index is 1.31. The number of hydrogen-bond donors (Lipinski definition) is 0. The van der Waals surface area contributed by atoms with Crippen LogP contribution in [0, 0.1) is 6.92 Å². The maximum Gasteiger partial charge on any atom is 0.213 e. The van der Waals surface area contributed by atoms with Gasteiger partial charge >= 0.3 is 0 Å². The van der Waals surface area contributed by atoms with Gasteiger partial charge in [0.05, 0.1) is 5.92 Å². The Kier molecular flexibility index (Phi) is 6.76. The van der Waals surface area contributed by atoms with Crippen molar-refractivity contribution >= 4 is 10.8 Å². The minimum Gasteiger partial charge on any atom is -0.201 e. The first kappa shape index (κ1) is 26.1. The number of rotatable bonds is 6. The van der Waals surface area contributed by atoms with E-state index in [1.54, 1.807) is 0 Å². The molecule has 0 amide bonds. The van der Waals surface area contributed by atoms with Crippen LogP contribution in [-0.2, 0) is 13.5 Å². The third-order valence-electron chi connectivity index (χ3n) is 9.02. The summed E-state index contributed by atoms with van der Waals surface area (Å²) in [6.45, 7) is 6.48. The van der Waals surface area contributed by atoms with E-state index in [9.17, 15) is 0 Å². The zero-order valence-electron chi connectivity index (χ0n) is 24.4. The smallest absolute Gasteiger partial charge is 0.201 e. The van der Waals surface area contributed by atoms with E-state index >= 15 is 0 Å². The van der Waals surface area contributed by atoms with Crippen LogP contribution in [-0.4, -0.2) is 0 Å². The summed E-state index contributed by atoms with van der Waals surface area (Å²) in [6.07, 6.45) is 8.54. The van der Waals surface area contributed by atoms with Gasteiger partial charge in [-0.05, 0) is 82.6 Å². The molecule has 0 fully saturated rings. The van der Waals surface area contributed by atoms with Crippen LogP contribution >= 0.6 is 0 Å². The van der Waals surface area contributed by atoms with Gasteiger partial charge in [0, 0.05) is 35.4 Å². The van der Waals surface area contributed by atoms with Crippen molar-refractivity contribution in [1.82, 2.24) is 0 Å². The summed E-state index contributed by atoms with van der Waals surface area (Å²) >= 11 is 0. The van der Waals surface area contributed by atoms with E-state index in [4.69, 9.17) is 0 Å². The minimum absolute atomic E-state index is 0.210. The number of hydrogen-bond acceptors (Lipinski definition) is 0. The normalized spacial score (nSPS) is 15.7. The summed E-state index contributed by atoms with van der Waals surface area (Å²) in [5.74, 6) is 0.342. The lowest BCUT2D eigenvalue weighted by Crippen LogP contribution is -2.46. The molecule has 1 aliphatic heterocycles. The third kappa shape index (κ3) is 4.54. The highest BCUT2D eigenvalue weighted by Gasteiger charge is 2.38. The summed E-state index contributed by atoms with van der Waals surface area (Å²) in [6, 6.07) is 42.5. The topological polar surface area (TPSA) is 7.76 Å². The molecule has 6 aromatic rings. The molecule has 4 aromatic carbocycles. The fraction of sp³-hybridized carbons (Fsp3) is 0.150. The summed E-state index contributed by atoms with van der Waals surface area (Å²) in [4.78, 5) is 0. The Hall–Kier alpha value is -4.82. The quantitative estimate of drug-likeness (QED) is 0.146. The zero-order valence-corrected chi connectivity index (χ0v) is 24.4. The Labute approximate surface area is 248 Å². The van der Waals surface area contributed by atoms with Crippen LogP contribution < -0.4 is 9.13 Å². The zero-order chi connectivity index (χ0) is 28.6. The number of pyridine rings is 2. The van der Waals surface area contributed by atoms with Crippen LogP contribution in [0.25, 0.3) is 44.4 Å². The third-order valence-corrected chi connectivity index (χ3v) is 9.02. The molecule has 204 valence electrons. The highest BCUT2D eigenvalue weighted by atomic mass is 15.0. The molecule has 0 saturated carbocycles. The maximum atomic E-state index is 4.31. The average Bonchev–Trinajstić information content (AvgIpc) is 3.03. The molecule has 2 atom stereocenters. The molecule has 3 heterocycles. The summed E-state index contributed by atoms with van der Waals surface area (Å²) < 4.78 is 4.66.